The van der Waals surface area contributed by atoms with Gasteiger partial charge in [-0.15, -0.1) is 0 Å². The zero-order valence-electron chi connectivity index (χ0n) is 10.3. The maximum Gasteiger partial charge on any atom is 0.134 e. The number of halogens is 1. The standard InChI is InChI=1S/C12H20ClN3/c1-4-7-11-15-10(13)8-12(16-11)14-9(5-2)6-3/h8-9H,4-7H2,1-3H3,(H,14,15,16). The minimum absolute atomic E-state index is 0.459. The van der Waals surface area contributed by atoms with Crippen molar-refractivity contribution in [2.45, 2.75) is 52.5 Å². The van der Waals surface area contributed by atoms with Gasteiger partial charge in [0.25, 0.3) is 0 Å². The summed E-state index contributed by atoms with van der Waals surface area (Å²) in [4.78, 5) is 8.65. The van der Waals surface area contributed by atoms with Crippen LogP contribution >= 0.6 is 11.6 Å². The predicted octanol–water partition coefficient (Wildman–Crippen LogP) is 3.68. The number of rotatable bonds is 6. The second kappa shape index (κ2) is 6.69. The van der Waals surface area contributed by atoms with Crippen LogP contribution in [0.3, 0.4) is 0 Å². The summed E-state index contributed by atoms with van der Waals surface area (Å²) >= 11 is 5.96. The molecule has 0 fully saturated rings. The Hall–Kier alpha value is -0.830. The molecule has 0 saturated heterocycles. The molecule has 90 valence electrons. The van der Waals surface area contributed by atoms with Gasteiger partial charge in [-0.05, 0) is 19.3 Å². The van der Waals surface area contributed by atoms with E-state index in [-0.39, 0.29) is 0 Å². The summed E-state index contributed by atoms with van der Waals surface area (Å²) in [5, 5.41) is 3.90. The zero-order chi connectivity index (χ0) is 12.0. The Morgan fingerprint density at radius 1 is 1.25 bits per heavy atom. The Labute approximate surface area is 103 Å². The van der Waals surface area contributed by atoms with Crippen LogP contribution in [0.15, 0.2) is 6.07 Å². The highest BCUT2D eigenvalue weighted by atomic mass is 35.5. The van der Waals surface area contributed by atoms with Crippen LogP contribution in [0, 0.1) is 0 Å². The van der Waals surface area contributed by atoms with Gasteiger partial charge in [-0.3, -0.25) is 0 Å². The first kappa shape index (κ1) is 13.2. The minimum atomic E-state index is 0.459. The molecule has 0 aliphatic rings. The zero-order valence-corrected chi connectivity index (χ0v) is 11.0. The van der Waals surface area contributed by atoms with Crippen molar-refractivity contribution in [3.05, 3.63) is 17.0 Å². The van der Waals surface area contributed by atoms with E-state index in [1.807, 2.05) is 0 Å². The fourth-order valence-electron chi connectivity index (χ4n) is 1.58. The lowest BCUT2D eigenvalue weighted by atomic mass is 10.2. The molecule has 0 bridgehead atoms. The lowest BCUT2D eigenvalue weighted by Crippen LogP contribution is -2.18. The van der Waals surface area contributed by atoms with Crippen molar-refractivity contribution < 1.29 is 0 Å². The van der Waals surface area contributed by atoms with Gasteiger partial charge in [-0.25, -0.2) is 9.97 Å². The normalized spacial score (nSPS) is 10.8. The summed E-state index contributed by atoms with van der Waals surface area (Å²) < 4.78 is 0. The van der Waals surface area contributed by atoms with Gasteiger partial charge in [0, 0.05) is 18.5 Å². The van der Waals surface area contributed by atoms with Crippen LogP contribution in [0.2, 0.25) is 5.15 Å². The number of hydrogen-bond acceptors (Lipinski definition) is 3. The van der Waals surface area contributed by atoms with Gasteiger partial charge >= 0.3 is 0 Å². The first-order valence-corrected chi connectivity index (χ1v) is 6.37. The van der Waals surface area contributed by atoms with Crippen LogP contribution in [0.1, 0.15) is 45.9 Å². The molecule has 0 aromatic carbocycles. The maximum atomic E-state index is 5.96. The van der Waals surface area contributed by atoms with Crippen molar-refractivity contribution in [3.8, 4) is 0 Å². The fourth-order valence-corrected chi connectivity index (χ4v) is 1.78. The molecule has 0 amide bonds. The number of nitrogens with zero attached hydrogens (tertiary/aromatic N) is 2. The predicted molar refractivity (Wildman–Crippen MR) is 69.0 cm³/mol. The summed E-state index contributed by atoms with van der Waals surface area (Å²) in [6.45, 7) is 6.44. The van der Waals surface area contributed by atoms with Crippen LogP contribution in [0.5, 0.6) is 0 Å². The summed E-state index contributed by atoms with van der Waals surface area (Å²) in [5.41, 5.74) is 0. The van der Waals surface area contributed by atoms with E-state index >= 15 is 0 Å². The van der Waals surface area contributed by atoms with E-state index in [4.69, 9.17) is 11.6 Å². The van der Waals surface area contributed by atoms with Crippen molar-refractivity contribution in [1.82, 2.24) is 9.97 Å². The highest BCUT2D eigenvalue weighted by Crippen LogP contribution is 2.15. The molecule has 1 rings (SSSR count). The summed E-state index contributed by atoms with van der Waals surface area (Å²) in [7, 11) is 0. The van der Waals surface area contributed by atoms with Crippen molar-refractivity contribution in [2.75, 3.05) is 5.32 Å². The van der Waals surface area contributed by atoms with Gasteiger partial charge in [-0.2, -0.15) is 0 Å². The smallest absolute Gasteiger partial charge is 0.134 e. The molecular weight excluding hydrogens is 222 g/mol. The second-order valence-corrected chi connectivity index (χ2v) is 4.29. The van der Waals surface area contributed by atoms with E-state index < -0.39 is 0 Å². The third-order valence-electron chi connectivity index (χ3n) is 2.55. The fraction of sp³-hybridized carbons (Fsp3) is 0.667. The van der Waals surface area contributed by atoms with E-state index in [0.717, 1.165) is 37.3 Å². The highest BCUT2D eigenvalue weighted by Gasteiger charge is 2.07. The second-order valence-electron chi connectivity index (χ2n) is 3.90. The van der Waals surface area contributed by atoms with Gasteiger partial charge < -0.3 is 5.32 Å². The largest absolute Gasteiger partial charge is 0.367 e. The Balaban J connectivity index is 2.78. The summed E-state index contributed by atoms with van der Waals surface area (Å²) in [5.74, 6) is 1.67. The van der Waals surface area contributed by atoms with Crippen molar-refractivity contribution in [3.63, 3.8) is 0 Å². The Bertz CT molecular complexity index is 324. The van der Waals surface area contributed by atoms with Crippen LogP contribution in [0.25, 0.3) is 0 Å². The van der Waals surface area contributed by atoms with Gasteiger partial charge in [0.2, 0.25) is 0 Å². The number of aromatic nitrogens is 2. The minimum Gasteiger partial charge on any atom is -0.367 e. The van der Waals surface area contributed by atoms with E-state index in [9.17, 15) is 0 Å². The van der Waals surface area contributed by atoms with Gasteiger partial charge in [0.15, 0.2) is 0 Å². The average molecular weight is 242 g/mol. The first-order chi connectivity index (χ1) is 7.69. The molecule has 4 heteroatoms. The number of nitrogens with one attached hydrogen (secondary N) is 1. The maximum absolute atomic E-state index is 5.96. The molecular formula is C12H20ClN3. The molecule has 0 spiro atoms. The molecule has 3 nitrogen and oxygen atoms in total. The summed E-state index contributed by atoms with van der Waals surface area (Å²) in [6.07, 6.45) is 4.07. The Morgan fingerprint density at radius 3 is 2.50 bits per heavy atom. The van der Waals surface area contributed by atoms with Crippen LogP contribution in [0.4, 0.5) is 5.82 Å². The SMILES string of the molecule is CCCc1nc(Cl)cc(NC(CC)CC)n1. The quantitative estimate of drug-likeness (QED) is 0.772. The molecule has 0 aliphatic carbocycles. The molecule has 0 radical (unpaired) electrons. The van der Waals surface area contributed by atoms with Gasteiger partial charge in [-0.1, -0.05) is 32.4 Å². The lowest BCUT2D eigenvalue weighted by Gasteiger charge is -2.15. The lowest BCUT2D eigenvalue weighted by molar-refractivity contribution is 0.666. The molecule has 1 N–H and O–H groups in total. The average Bonchev–Trinajstić information content (AvgIpc) is 2.25. The third-order valence-corrected chi connectivity index (χ3v) is 2.75. The molecule has 0 saturated carbocycles. The molecule has 0 unspecified atom stereocenters. The van der Waals surface area contributed by atoms with Crippen molar-refractivity contribution in [1.29, 1.82) is 0 Å². The molecule has 1 aromatic heterocycles. The third kappa shape index (κ3) is 3.97. The van der Waals surface area contributed by atoms with Gasteiger partial charge in [0.05, 0.1) is 0 Å². The van der Waals surface area contributed by atoms with E-state index in [0.29, 0.717) is 11.2 Å². The van der Waals surface area contributed by atoms with Crippen molar-refractivity contribution in [2.24, 2.45) is 0 Å². The van der Waals surface area contributed by atoms with Crippen LogP contribution in [-0.4, -0.2) is 16.0 Å². The highest BCUT2D eigenvalue weighted by molar-refractivity contribution is 6.29. The Morgan fingerprint density at radius 2 is 1.94 bits per heavy atom. The topological polar surface area (TPSA) is 37.8 Å². The van der Waals surface area contributed by atoms with E-state index in [1.165, 1.54) is 0 Å². The molecule has 1 heterocycles. The van der Waals surface area contributed by atoms with Crippen LogP contribution in [-0.2, 0) is 6.42 Å². The first-order valence-electron chi connectivity index (χ1n) is 5.99. The van der Waals surface area contributed by atoms with Crippen molar-refractivity contribution >= 4 is 17.4 Å². The van der Waals surface area contributed by atoms with E-state index in [1.54, 1.807) is 6.07 Å². The summed E-state index contributed by atoms with van der Waals surface area (Å²) in [6, 6.07) is 2.25. The molecule has 16 heavy (non-hydrogen) atoms. The van der Waals surface area contributed by atoms with Gasteiger partial charge in [0.1, 0.15) is 16.8 Å². The molecule has 1 aromatic rings. The number of aryl methyl sites for hydroxylation is 1. The Kier molecular flexibility index (Phi) is 5.53. The molecule has 0 atom stereocenters. The monoisotopic (exact) mass is 241 g/mol. The number of hydrogen-bond donors (Lipinski definition) is 1. The number of anilines is 1. The van der Waals surface area contributed by atoms with E-state index in [2.05, 4.69) is 36.1 Å². The molecule has 0 aliphatic heterocycles. The van der Waals surface area contributed by atoms with Crippen LogP contribution < -0.4 is 5.32 Å².